The molecule has 2 saturated carbocycles. The van der Waals surface area contributed by atoms with E-state index in [1.165, 1.54) is 23.0 Å². The van der Waals surface area contributed by atoms with Crippen LogP contribution in [-0.4, -0.2) is 66.1 Å². The topological polar surface area (TPSA) is 155 Å². The molecule has 3 amide bonds. The summed E-state index contributed by atoms with van der Waals surface area (Å²) in [4.78, 5) is 34.2. The van der Waals surface area contributed by atoms with Gasteiger partial charge in [-0.2, -0.15) is 28.5 Å². The van der Waals surface area contributed by atoms with Gasteiger partial charge in [0.15, 0.2) is 11.3 Å². The van der Waals surface area contributed by atoms with Crippen molar-refractivity contribution in [2.45, 2.75) is 75.0 Å². The molecule has 0 bridgehead atoms. The summed E-state index contributed by atoms with van der Waals surface area (Å²) in [6.45, 7) is -0.820. The summed E-state index contributed by atoms with van der Waals surface area (Å²) in [5.41, 5.74) is -0.0333. The second-order valence-corrected chi connectivity index (χ2v) is 11.0. The number of urea groups is 1. The van der Waals surface area contributed by atoms with E-state index in [1.807, 2.05) is 6.07 Å². The Morgan fingerprint density at radius 1 is 1.21 bits per heavy atom. The lowest BCUT2D eigenvalue weighted by Gasteiger charge is -2.33. The number of nitrogens with one attached hydrogen (secondary N) is 1. The average molecular weight is 606 g/mol. The second kappa shape index (κ2) is 10.7. The number of alkyl halides is 5. The zero-order valence-corrected chi connectivity index (χ0v) is 22.4. The van der Waals surface area contributed by atoms with Crippen molar-refractivity contribution in [2.75, 3.05) is 6.54 Å². The minimum absolute atomic E-state index is 0.0212. The van der Waals surface area contributed by atoms with Crippen LogP contribution in [0.15, 0.2) is 28.1 Å². The maximum absolute atomic E-state index is 14.0. The number of imidazole rings is 1. The summed E-state index contributed by atoms with van der Waals surface area (Å²) < 4.78 is 73.8. The van der Waals surface area contributed by atoms with E-state index in [4.69, 9.17) is 4.63 Å². The van der Waals surface area contributed by atoms with Crippen molar-refractivity contribution in [3.63, 3.8) is 0 Å². The molecule has 3 aromatic rings. The van der Waals surface area contributed by atoms with Gasteiger partial charge in [0.1, 0.15) is 11.4 Å². The molecule has 2 atom stereocenters. The van der Waals surface area contributed by atoms with E-state index >= 15 is 0 Å². The van der Waals surface area contributed by atoms with Gasteiger partial charge >= 0.3 is 12.2 Å². The Hall–Kier alpha value is -4.49. The molecule has 1 N–H and O–H groups in total. The van der Waals surface area contributed by atoms with Crippen molar-refractivity contribution in [1.29, 1.82) is 5.26 Å². The lowest BCUT2D eigenvalue weighted by Crippen LogP contribution is -2.37. The Morgan fingerprint density at radius 3 is 2.60 bits per heavy atom. The quantitative estimate of drug-likeness (QED) is 0.363. The fourth-order valence-corrected chi connectivity index (χ4v) is 5.59. The van der Waals surface area contributed by atoms with Crippen molar-refractivity contribution in [2.24, 2.45) is 10.9 Å². The number of aliphatic imine (C=N–C) groups is 1. The molecule has 17 heteroatoms. The van der Waals surface area contributed by atoms with Crippen LogP contribution in [0.4, 0.5) is 26.7 Å². The number of nitriles is 1. The minimum Gasteiger partial charge on any atom is -0.342 e. The van der Waals surface area contributed by atoms with Crippen LogP contribution in [0.25, 0.3) is 5.65 Å². The van der Waals surface area contributed by atoms with Gasteiger partial charge in [-0.05, 0) is 48.4 Å². The number of fused-ring (bicyclic) bond motifs is 1. The Morgan fingerprint density at radius 2 is 1.95 bits per heavy atom. The molecule has 3 aromatic heterocycles. The Labute approximate surface area is 239 Å². The predicted molar refractivity (Wildman–Crippen MR) is 135 cm³/mol. The Balaban J connectivity index is 1.30. The summed E-state index contributed by atoms with van der Waals surface area (Å²) in [5.74, 6) is -3.73. The number of aromatic nitrogens is 5. The Kier molecular flexibility index (Phi) is 7.09. The predicted octanol–water partition coefficient (Wildman–Crippen LogP) is 4.68. The SMILES string of the molecule is N#CC[C@H](c1cnn2cc([C@H](NC(=O)c3nonc3C3CC3)C3CCC(F)(F)CC3)nc2c1)N1CC(C(F)(F)F)=NC1=O. The monoisotopic (exact) mass is 605 g/mol. The van der Waals surface area contributed by atoms with Crippen molar-refractivity contribution >= 4 is 23.3 Å². The first kappa shape index (κ1) is 28.6. The largest absolute Gasteiger partial charge is 0.431 e. The number of hydrogen-bond acceptors (Lipinski definition) is 8. The molecule has 6 rings (SSSR count). The molecule has 2 aliphatic carbocycles. The standard InChI is InChI=1S/C26H24F5N9O3/c27-25(28)6-3-14(4-7-25)20(36-23(41)22-21(13-1-2-13)37-43-38-22)16-11-40-19(34-16)9-15(10-33-40)17(5-8-32)39-12-18(26(29,30)31)35-24(39)42/h9-11,13-14,17,20H,1-7,12H2,(H,36,41)/t17-,20-/m1/s1. The molecule has 4 heterocycles. The molecule has 0 spiro atoms. The summed E-state index contributed by atoms with van der Waals surface area (Å²) in [6.07, 6.45) is -1.12. The molecule has 1 aliphatic heterocycles. The van der Waals surface area contributed by atoms with Gasteiger partial charge in [-0.15, -0.1) is 0 Å². The molecule has 12 nitrogen and oxygen atoms in total. The average Bonchev–Trinajstić information content (AvgIpc) is 3.33. The first-order chi connectivity index (χ1) is 20.4. The van der Waals surface area contributed by atoms with Gasteiger partial charge in [0.05, 0.1) is 49.2 Å². The van der Waals surface area contributed by atoms with Crippen LogP contribution in [0.1, 0.15) is 90.4 Å². The maximum atomic E-state index is 14.0. The number of nitrogens with zero attached hydrogens (tertiary/aromatic N) is 8. The van der Waals surface area contributed by atoms with E-state index in [9.17, 15) is 36.8 Å². The van der Waals surface area contributed by atoms with Gasteiger partial charge < -0.3 is 10.2 Å². The van der Waals surface area contributed by atoms with Gasteiger partial charge in [-0.25, -0.2) is 27.7 Å². The fraction of sp³-hybridized carbons (Fsp3) is 0.538. The van der Waals surface area contributed by atoms with E-state index in [1.54, 1.807) is 0 Å². The summed E-state index contributed by atoms with van der Waals surface area (Å²) in [7, 11) is 0. The van der Waals surface area contributed by atoms with Crippen molar-refractivity contribution in [3.05, 3.63) is 41.1 Å². The summed E-state index contributed by atoms with van der Waals surface area (Å²) in [6, 6.07) is 0.331. The highest BCUT2D eigenvalue weighted by atomic mass is 19.4. The molecule has 3 aliphatic rings. The lowest BCUT2D eigenvalue weighted by molar-refractivity contribution is -0.0602. The van der Waals surface area contributed by atoms with Crippen LogP contribution < -0.4 is 5.32 Å². The van der Waals surface area contributed by atoms with Crippen molar-refractivity contribution in [1.82, 2.24) is 35.1 Å². The van der Waals surface area contributed by atoms with E-state index in [-0.39, 0.29) is 54.9 Å². The summed E-state index contributed by atoms with van der Waals surface area (Å²) >= 11 is 0. The van der Waals surface area contributed by atoms with Crippen LogP contribution in [0.3, 0.4) is 0 Å². The molecule has 0 aromatic carbocycles. The molecule has 226 valence electrons. The van der Waals surface area contributed by atoms with E-state index in [0.717, 1.165) is 17.7 Å². The molecule has 2 fully saturated rings. The highest BCUT2D eigenvalue weighted by Crippen LogP contribution is 2.43. The third-order valence-corrected chi connectivity index (χ3v) is 8.06. The van der Waals surface area contributed by atoms with Gasteiger partial charge in [0.2, 0.25) is 5.92 Å². The number of amides is 3. The second-order valence-electron chi connectivity index (χ2n) is 11.0. The Bertz CT molecular complexity index is 1630. The molecular formula is C26H24F5N9O3. The first-order valence-corrected chi connectivity index (χ1v) is 13.6. The summed E-state index contributed by atoms with van der Waals surface area (Å²) in [5, 5.41) is 24.1. The van der Waals surface area contributed by atoms with Crippen LogP contribution in [0.5, 0.6) is 0 Å². The number of carbonyl (C=O) groups is 2. The van der Waals surface area contributed by atoms with E-state index in [0.29, 0.717) is 11.4 Å². The van der Waals surface area contributed by atoms with Crippen LogP contribution >= 0.6 is 0 Å². The molecular weight excluding hydrogens is 581 g/mol. The van der Waals surface area contributed by atoms with Gasteiger partial charge in [-0.3, -0.25) is 4.79 Å². The normalized spacial score (nSPS) is 20.6. The van der Waals surface area contributed by atoms with Gasteiger partial charge in [-0.1, -0.05) is 5.16 Å². The zero-order chi connectivity index (χ0) is 30.5. The highest BCUT2D eigenvalue weighted by molar-refractivity contribution is 6.05. The van der Waals surface area contributed by atoms with Gasteiger partial charge in [0, 0.05) is 18.8 Å². The van der Waals surface area contributed by atoms with Crippen LogP contribution in [-0.2, 0) is 0 Å². The van der Waals surface area contributed by atoms with Crippen LogP contribution in [0, 0.1) is 17.2 Å². The lowest BCUT2D eigenvalue weighted by atomic mass is 9.81. The number of halogens is 5. The van der Waals surface area contributed by atoms with Crippen LogP contribution in [0.2, 0.25) is 0 Å². The number of carbonyl (C=O) groups excluding carboxylic acids is 2. The van der Waals surface area contributed by atoms with Gasteiger partial charge in [0.25, 0.3) is 5.91 Å². The van der Waals surface area contributed by atoms with E-state index < -0.39 is 54.3 Å². The minimum atomic E-state index is -4.80. The molecule has 43 heavy (non-hydrogen) atoms. The highest BCUT2D eigenvalue weighted by Gasteiger charge is 2.44. The number of hydrogen-bond donors (Lipinski definition) is 1. The molecule has 0 radical (unpaired) electrons. The van der Waals surface area contributed by atoms with Crippen molar-refractivity contribution in [3.8, 4) is 6.07 Å². The molecule has 0 saturated heterocycles. The fourth-order valence-electron chi connectivity index (χ4n) is 5.59. The molecule has 0 unspecified atom stereocenters. The third-order valence-electron chi connectivity index (χ3n) is 8.06. The van der Waals surface area contributed by atoms with E-state index in [2.05, 4.69) is 30.7 Å². The number of rotatable bonds is 8. The third kappa shape index (κ3) is 5.77. The maximum Gasteiger partial charge on any atom is 0.431 e. The smallest absolute Gasteiger partial charge is 0.342 e. The first-order valence-electron chi connectivity index (χ1n) is 13.6. The van der Waals surface area contributed by atoms with Crippen molar-refractivity contribution < 1.29 is 36.2 Å². The zero-order valence-electron chi connectivity index (χ0n) is 22.4.